The van der Waals surface area contributed by atoms with Crippen molar-refractivity contribution in [3.8, 4) is 0 Å². The number of hydrogen-bond acceptors (Lipinski definition) is 2. The summed E-state index contributed by atoms with van der Waals surface area (Å²) in [6.45, 7) is 5.32. The van der Waals surface area contributed by atoms with Gasteiger partial charge in [-0.2, -0.15) is 5.10 Å². The molecular weight excluding hydrogens is 222 g/mol. The molecule has 1 saturated carbocycles. The van der Waals surface area contributed by atoms with Crippen LogP contribution in [0.15, 0.2) is 6.20 Å². The third kappa shape index (κ3) is 1.87. The Bertz CT molecular complexity index is 361. The predicted molar refractivity (Wildman–Crippen MR) is 66.9 cm³/mol. The topological polar surface area (TPSA) is 29.9 Å². The van der Waals surface area contributed by atoms with Crippen molar-refractivity contribution in [3.63, 3.8) is 0 Å². The fraction of sp³-hybridized carbons (Fsp3) is 0.750. The van der Waals surface area contributed by atoms with Gasteiger partial charge < -0.3 is 5.32 Å². The van der Waals surface area contributed by atoms with Gasteiger partial charge in [-0.3, -0.25) is 4.68 Å². The molecule has 2 rings (SSSR count). The van der Waals surface area contributed by atoms with Gasteiger partial charge in [-0.1, -0.05) is 18.5 Å². The molecule has 0 bridgehead atoms. The number of rotatable bonds is 3. The Balaban J connectivity index is 2.27. The van der Waals surface area contributed by atoms with Crippen LogP contribution in [0, 0.1) is 5.92 Å². The smallest absolute Gasteiger partial charge is 0.0820 e. The lowest BCUT2D eigenvalue weighted by molar-refractivity contribution is 0.412. The van der Waals surface area contributed by atoms with Crippen molar-refractivity contribution in [2.24, 2.45) is 5.92 Å². The normalized spacial score (nSPS) is 29.9. The van der Waals surface area contributed by atoms with Gasteiger partial charge >= 0.3 is 0 Å². The summed E-state index contributed by atoms with van der Waals surface area (Å²) in [6, 6.07) is 0.612. The minimum absolute atomic E-state index is 0.549. The van der Waals surface area contributed by atoms with E-state index in [1.807, 2.05) is 11.7 Å². The van der Waals surface area contributed by atoms with E-state index in [-0.39, 0.29) is 0 Å². The number of hydrogen-bond donors (Lipinski definition) is 1. The van der Waals surface area contributed by atoms with Crippen molar-refractivity contribution in [2.75, 3.05) is 7.05 Å². The van der Waals surface area contributed by atoms with E-state index in [0.717, 1.165) is 11.6 Å². The highest BCUT2D eigenvalue weighted by atomic mass is 35.5. The highest BCUT2D eigenvalue weighted by Gasteiger charge is 2.35. The molecule has 0 radical (unpaired) electrons. The minimum atomic E-state index is 0.549. The number of nitrogens with one attached hydrogen (secondary N) is 1. The number of aryl methyl sites for hydroxylation is 1. The largest absolute Gasteiger partial charge is 0.317 e. The molecule has 3 nitrogen and oxygen atoms in total. The Kier molecular flexibility index (Phi) is 3.55. The molecule has 1 aromatic heterocycles. The molecule has 1 N–H and O–H groups in total. The average Bonchev–Trinajstić information content (AvgIpc) is 2.81. The Morgan fingerprint density at radius 3 is 2.88 bits per heavy atom. The fourth-order valence-electron chi connectivity index (χ4n) is 2.95. The minimum Gasteiger partial charge on any atom is -0.317 e. The van der Waals surface area contributed by atoms with E-state index in [9.17, 15) is 0 Å². The van der Waals surface area contributed by atoms with Crippen LogP contribution in [0.3, 0.4) is 0 Å². The van der Waals surface area contributed by atoms with Crippen molar-refractivity contribution in [3.05, 3.63) is 16.9 Å². The van der Waals surface area contributed by atoms with Crippen LogP contribution in [-0.2, 0) is 6.54 Å². The van der Waals surface area contributed by atoms with E-state index in [4.69, 9.17) is 11.6 Å². The van der Waals surface area contributed by atoms with E-state index >= 15 is 0 Å². The molecule has 1 aliphatic rings. The van der Waals surface area contributed by atoms with Crippen molar-refractivity contribution in [1.29, 1.82) is 0 Å². The number of aromatic nitrogens is 2. The molecule has 0 saturated heterocycles. The Hall–Kier alpha value is -0.540. The maximum Gasteiger partial charge on any atom is 0.0820 e. The lowest BCUT2D eigenvalue weighted by Crippen LogP contribution is -2.29. The molecule has 16 heavy (non-hydrogen) atoms. The number of halogens is 1. The van der Waals surface area contributed by atoms with Crippen LogP contribution in [-0.4, -0.2) is 22.9 Å². The first-order valence-corrected chi connectivity index (χ1v) is 6.45. The zero-order valence-electron chi connectivity index (χ0n) is 10.2. The predicted octanol–water partition coefficient (Wildman–Crippen LogP) is 2.66. The van der Waals surface area contributed by atoms with Crippen molar-refractivity contribution in [2.45, 2.75) is 45.2 Å². The van der Waals surface area contributed by atoms with E-state index in [1.54, 1.807) is 6.20 Å². The molecule has 1 aliphatic carbocycles. The monoisotopic (exact) mass is 241 g/mol. The lowest BCUT2D eigenvalue weighted by Gasteiger charge is -2.21. The molecule has 1 aromatic rings. The van der Waals surface area contributed by atoms with E-state index < -0.39 is 0 Å². The Labute approximate surface area is 102 Å². The maximum atomic E-state index is 6.26. The quantitative estimate of drug-likeness (QED) is 0.882. The lowest BCUT2D eigenvalue weighted by atomic mass is 9.92. The standard InChI is InChI=1S/C12H20ClN3/c1-4-16-12(10(13)7-15-16)9-5-6-11(14-3)8(9)2/h7-9,11,14H,4-6H2,1-3H3. The van der Waals surface area contributed by atoms with Gasteiger partial charge in [-0.05, 0) is 32.7 Å². The molecule has 0 aliphatic heterocycles. The molecular formula is C12H20ClN3. The molecule has 1 fully saturated rings. The summed E-state index contributed by atoms with van der Waals surface area (Å²) in [7, 11) is 2.04. The van der Waals surface area contributed by atoms with Gasteiger partial charge in [-0.25, -0.2) is 0 Å². The van der Waals surface area contributed by atoms with Gasteiger partial charge in [0.2, 0.25) is 0 Å². The summed E-state index contributed by atoms with van der Waals surface area (Å²) in [5, 5.41) is 8.55. The van der Waals surface area contributed by atoms with E-state index in [2.05, 4.69) is 24.3 Å². The van der Waals surface area contributed by atoms with Crippen LogP contribution >= 0.6 is 11.6 Å². The van der Waals surface area contributed by atoms with E-state index in [1.165, 1.54) is 18.5 Å². The van der Waals surface area contributed by atoms with Crippen molar-refractivity contribution in [1.82, 2.24) is 15.1 Å². The van der Waals surface area contributed by atoms with Crippen LogP contribution < -0.4 is 5.32 Å². The summed E-state index contributed by atoms with van der Waals surface area (Å²) in [5.41, 5.74) is 1.23. The van der Waals surface area contributed by atoms with Crippen LogP contribution in [0.2, 0.25) is 5.02 Å². The summed E-state index contributed by atoms with van der Waals surface area (Å²) >= 11 is 6.26. The molecule has 3 atom stereocenters. The summed E-state index contributed by atoms with van der Waals surface area (Å²) < 4.78 is 2.04. The van der Waals surface area contributed by atoms with E-state index in [0.29, 0.717) is 17.9 Å². The van der Waals surface area contributed by atoms with Gasteiger partial charge in [0.25, 0.3) is 0 Å². The Morgan fingerprint density at radius 1 is 1.56 bits per heavy atom. The third-order valence-corrected chi connectivity index (χ3v) is 4.20. The van der Waals surface area contributed by atoms with Crippen LogP contribution in [0.4, 0.5) is 0 Å². The first kappa shape index (κ1) is 11.9. The van der Waals surface area contributed by atoms with Crippen LogP contribution in [0.5, 0.6) is 0 Å². The summed E-state index contributed by atoms with van der Waals surface area (Å²) in [6.07, 6.45) is 4.21. The van der Waals surface area contributed by atoms with Crippen LogP contribution in [0.1, 0.15) is 38.3 Å². The van der Waals surface area contributed by atoms with Crippen molar-refractivity contribution >= 4 is 11.6 Å². The second-order valence-electron chi connectivity index (χ2n) is 4.63. The van der Waals surface area contributed by atoms with Crippen molar-refractivity contribution < 1.29 is 0 Å². The molecule has 0 spiro atoms. The van der Waals surface area contributed by atoms with Gasteiger partial charge in [-0.15, -0.1) is 0 Å². The second kappa shape index (κ2) is 4.76. The average molecular weight is 242 g/mol. The van der Waals surface area contributed by atoms with Gasteiger partial charge in [0.1, 0.15) is 0 Å². The zero-order chi connectivity index (χ0) is 11.7. The molecule has 0 amide bonds. The second-order valence-corrected chi connectivity index (χ2v) is 5.04. The molecule has 90 valence electrons. The van der Waals surface area contributed by atoms with Crippen LogP contribution in [0.25, 0.3) is 0 Å². The molecule has 3 unspecified atom stereocenters. The Morgan fingerprint density at radius 2 is 2.31 bits per heavy atom. The molecule has 0 aromatic carbocycles. The number of nitrogens with zero attached hydrogens (tertiary/aromatic N) is 2. The third-order valence-electron chi connectivity index (χ3n) is 3.91. The van der Waals surface area contributed by atoms with Gasteiger partial charge in [0.05, 0.1) is 16.9 Å². The summed E-state index contributed by atoms with van der Waals surface area (Å²) in [5.74, 6) is 1.18. The first-order chi connectivity index (χ1) is 7.69. The zero-order valence-corrected chi connectivity index (χ0v) is 11.0. The SMILES string of the molecule is CCn1ncc(Cl)c1C1CCC(NC)C1C. The van der Waals surface area contributed by atoms with Gasteiger partial charge in [0.15, 0.2) is 0 Å². The fourth-order valence-corrected chi connectivity index (χ4v) is 3.23. The van der Waals surface area contributed by atoms with Gasteiger partial charge in [0, 0.05) is 18.5 Å². The first-order valence-electron chi connectivity index (χ1n) is 6.07. The highest BCUT2D eigenvalue weighted by Crippen LogP contribution is 2.41. The maximum absolute atomic E-state index is 6.26. The molecule has 1 heterocycles. The summed E-state index contributed by atoms with van der Waals surface area (Å²) in [4.78, 5) is 0. The highest BCUT2D eigenvalue weighted by molar-refractivity contribution is 6.31. The molecule has 4 heteroatoms.